The Bertz CT molecular complexity index is 430. The summed E-state index contributed by atoms with van der Waals surface area (Å²) in [6.45, 7) is 2.31. The van der Waals surface area contributed by atoms with E-state index >= 15 is 0 Å². The second-order valence-electron chi connectivity index (χ2n) is 4.91. The third-order valence-electron chi connectivity index (χ3n) is 3.60. The minimum atomic E-state index is 0.551. The van der Waals surface area contributed by atoms with Crippen LogP contribution in [0.2, 0.25) is 5.02 Å². The van der Waals surface area contributed by atoms with Crippen molar-refractivity contribution in [1.29, 1.82) is 0 Å². The summed E-state index contributed by atoms with van der Waals surface area (Å²) in [7, 11) is 0. The standard InChI is InChI=1S/C14H18ClNO2/c15-12-5-4-10(9-11-3-1-2-6-16-11)13-14(12)18-8-7-17-13/h4-5,11,16H,1-3,6-9H2. The largest absolute Gasteiger partial charge is 0.486 e. The van der Waals surface area contributed by atoms with Crippen molar-refractivity contribution in [1.82, 2.24) is 5.32 Å². The van der Waals surface area contributed by atoms with E-state index in [2.05, 4.69) is 11.4 Å². The van der Waals surface area contributed by atoms with Gasteiger partial charge in [-0.15, -0.1) is 0 Å². The molecule has 2 aliphatic rings. The number of ether oxygens (including phenoxy) is 2. The lowest BCUT2D eigenvalue weighted by Crippen LogP contribution is -2.35. The summed E-state index contributed by atoms with van der Waals surface area (Å²) in [6.07, 6.45) is 4.82. The first-order valence-electron chi connectivity index (χ1n) is 6.65. The second-order valence-corrected chi connectivity index (χ2v) is 5.32. The number of benzene rings is 1. The highest BCUT2D eigenvalue weighted by molar-refractivity contribution is 6.32. The molecule has 4 heteroatoms. The van der Waals surface area contributed by atoms with E-state index in [0.717, 1.165) is 24.5 Å². The van der Waals surface area contributed by atoms with Crippen LogP contribution < -0.4 is 14.8 Å². The number of hydrogen-bond donors (Lipinski definition) is 1. The molecule has 1 aromatic rings. The van der Waals surface area contributed by atoms with Crippen molar-refractivity contribution in [3.8, 4) is 11.5 Å². The van der Waals surface area contributed by atoms with Crippen molar-refractivity contribution in [3.63, 3.8) is 0 Å². The predicted molar refractivity (Wildman–Crippen MR) is 71.8 cm³/mol. The lowest BCUT2D eigenvalue weighted by molar-refractivity contribution is 0.169. The SMILES string of the molecule is Clc1ccc(CC2CCCCN2)c2c1OCCO2. The molecule has 18 heavy (non-hydrogen) atoms. The molecule has 3 rings (SSSR count). The summed E-state index contributed by atoms with van der Waals surface area (Å²) < 4.78 is 11.3. The molecule has 0 spiro atoms. The molecule has 0 amide bonds. The maximum atomic E-state index is 6.14. The van der Waals surface area contributed by atoms with Gasteiger partial charge in [-0.3, -0.25) is 0 Å². The number of rotatable bonds is 2. The number of hydrogen-bond acceptors (Lipinski definition) is 3. The first-order valence-corrected chi connectivity index (χ1v) is 7.03. The Morgan fingerprint density at radius 1 is 1.17 bits per heavy atom. The normalized spacial score (nSPS) is 22.8. The molecule has 0 aromatic heterocycles. The molecule has 0 radical (unpaired) electrons. The van der Waals surface area contributed by atoms with Gasteiger partial charge >= 0.3 is 0 Å². The molecule has 1 aromatic carbocycles. The summed E-state index contributed by atoms with van der Waals surface area (Å²) in [5.74, 6) is 1.57. The monoisotopic (exact) mass is 267 g/mol. The highest BCUT2D eigenvalue weighted by Crippen LogP contribution is 2.40. The highest BCUT2D eigenvalue weighted by atomic mass is 35.5. The van der Waals surface area contributed by atoms with Gasteiger partial charge in [-0.05, 0) is 37.4 Å². The lowest BCUT2D eigenvalue weighted by Gasteiger charge is -2.26. The molecule has 98 valence electrons. The summed E-state index contributed by atoms with van der Waals surface area (Å²) >= 11 is 6.14. The Morgan fingerprint density at radius 2 is 2.00 bits per heavy atom. The van der Waals surface area contributed by atoms with Crippen LogP contribution in [0, 0.1) is 0 Å². The van der Waals surface area contributed by atoms with E-state index in [0.29, 0.717) is 24.3 Å². The minimum Gasteiger partial charge on any atom is -0.486 e. The van der Waals surface area contributed by atoms with Gasteiger partial charge in [-0.2, -0.15) is 0 Å². The van der Waals surface area contributed by atoms with Crippen LogP contribution in [0.5, 0.6) is 11.5 Å². The van der Waals surface area contributed by atoms with Crippen molar-refractivity contribution >= 4 is 11.6 Å². The van der Waals surface area contributed by atoms with Crippen molar-refractivity contribution < 1.29 is 9.47 Å². The molecule has 3 nitrogen and oxygen atoms in total. The molecule has 0 saturated carbocycles. The van der Waals surface area contributed by atoms with E-state index in [9.17, 15) is 0 Å². The fourth-order valence-electron chi connectivity index (χ4n) is 2.68. The number of fused-ring (bicyclic) bond motifs is 1. The van der Waals surface area contributed by atoms with Crippen LogP contribution in [0.3, 0.4) is 0 Å². The summed E-state index contributed by atoms with van der Waals surface area (Å²) in [4.78, 5) is 0. The lowest BCUT2D eigenvalue weighted by atomic mass is 9.97. The summed E-state index contributed by atoms with van der Waals surface area (Å²) in [5, 5.41) is 4.20. The van der Waals surface area contributed by atoms with Gasteiger partial charge in [0.2, 0.25) is 0 Å². The molecular weight excluding hydrogens is 250 g/mol. The predicted octanol–water partition coefficient (Wildman–Crippen LogP) is 2.80. The zero-order valence-electron chi connectivity index (χ0n) is 10.4. The number of halogens is 1. The molecule has 2 aliphatic heterocycles. The van der Waals surface area contributed by atoms with Gasteiger partial charge in [0, 0.05) is 6.04 Å². The van der Waals surface area contributed by atoms with Crippen LogP contribution in [-0.4, -0.2) is 25.8 Å². The third-order valence-corrected chi connectivity index (χ3v) is 3.90. The quantitative estimate of drug-likeness (QED) is 0.894. The molecule has 0 bridgehead atoms. The Hall–Kier alpha value is -0.930. The van der Waals surface area contributed by atoms with E-state index < -0.39 is 0 Å². The Kier molecular flexibility index (Phi) is 3.62. The Balaban J connectivity index is 1.82. The van der Waals surface area contributed by atoms with Gasteiger partial charge in [0.25, 0.3) is 0 Å². The Morgan fingerprint density at radius 3 is 2.78 bits per heavy atom. The van der Waals surface area contributed by atoms with Crippen LogP contribution in [0.25, 0.3) is 0 Å². The van der Waals surface area contributed by atoms with Gasteiger partial charge in [-0.1, -0.05) is 24.1 Å². The average molecular weight is 268 g/mol. The van der Waals surface area contributed by atoms with Gasteiger partial charge in [0.05, 0.1) is 5.02 Å². The highest BCUT2D eigenvalue weighted by Gasteiger charge is 2.22. The topological polar surface area (TPSA) is 30.5 Å². The molecular formula is C14H18ClNO2. The van der Waals surface area contributed by atoms with Crippen molar-refractivity contribution in [2.24, 2.45) is 0 Å². The van der Waals surface area contributed by atoms with Gasteiger partial charge in [0.15, 0.2) is 11.5 Å². The molecule has 2 heterocycles. The van der Waals surface area contributed by atoms with Crippen LogP contribution in [-0.2, 0) is 6.42 Å². The molecule has 1 saturated heterocycles. The minimum absolute atomic E-state index is 0.551. The van der Waals surface area contributed by atoms with Gasteiger partial charge < -0.3 is 14.8 Å². The third kappa shape index (κ3) is 2.43. The van der Waals surface area contributed by atoms with Crippen molar-refractivity contribution in [2.75, 3.05) is 19.8 Å². The summed E-state index contributed by atoms with van der Waals surface area (Å²) in [6, 6.07) is 4.52. The van der Waals surface area contributed by atoms with E-state index in [-0.39, 0.29) is 0 Å². The fourth-order valence-corrected chi connectivity index (χ4v) is 2.89. The Labute approximate surface area is 112 Å². The van der Waals surface area contributed by atoms with Crippen LogP contribution in [0.15, 0.2) is 12.1 Å². The molecule has 1 fully saturated rings. The fraction of sp³-hybridized carbons (Fsp3) is 0.571. The second kappa shape index (κ2) is 5.37. The first-order chi connectivity index (χ1) is 8.84. The average Bonchev–Trinajstić information content (AvgIpc) is 2.44. The van der Waals surface area contributed by atoms with Crippen molar-refractivity contribution in [2.45, 2.75) is 31.7 Å². The van der Waals surface area contributed by atoms with E-state index in [1.54, 1.807) is 0 Å². The number of piperidine rings is 1. The smallest absolute Gasteiger partial charge is 0.180 e. The van der Waals surface area contributed by atoms with Crippen LogP contribution in [0.4, 0.5) is 0 Å². The van der Waals surface area contributed by atoms with Gasteiger partial charge in [0.1, 0.15) is 13.2 Å². The molecule has 1 atom stereocenters. The van der Waals surface area contributed by atoms with Crippen molar-refractivity contribution in [3.05, 3.63) is 22.7 Å². The van der Waals surface area contributed by atoms with Crippen LogP contribution in [0.1, 0.15) is 24.8 Å². The number of nitrogens with one attached hydrogen (secondary N) is 1. The van der Waals surface area contributed by atoms with E-state index in [4.69, 9.17) is 21.1 Å². The maximum absolute atomic E-state index is 6.14. The van der Waals surface area contributed by atoms with E-state index in [1.807, 2.05) is 6.07 Å². The molecule has 1 unspecified atom stereocenters. The van der Waals surface area contributed by atoms with E-state index in [1.165, 1.54) is 24.8 Å². The first kappa shape index (κ1) is 12.1. The zero-order valence-corrected chi connectivity index (χ0v) is 11.1. The maximum Gasteiger partial charge on any atom is 0.180 e. The summed E-state index contributed by atoms with van der Waals surface area (Å²) in [5.41, 5.74) is 1.20. The van der Waals surface area contributed by atoms with Crippen LogP contribution >= 0.6 is 11.6 Å². The molecule has 0 aliphatic carbocycles. The zero-order chi connectivity index (χ0) is 12.4. The van der Waals surface area contributed by atoms with Gasteiger partial charge in [-0.25, -0.2) is 0 Å². The molecule has 1 N–H and O–H groups in total.